The molecule has 1 saturated heterocycles. The second-order valence-corrected chi connectivity index (χ2v) is 10.9. The van der Waals surface area contributed by atoms with Gasteiger partial charge < -0.3 is 10.5 Å². The van der Waals surface area contributed by atoms with Crippen LogP contribution >= 0.6 is 0 Å². The fourth-order valence-electron chi connectivity index (χ4n) is 5.05. The third kappa shape index (κ3) is 8.19. The second kappa shape index (κ2) is 14.7. The Morgan fingerprint density at radius 3 is 2.36 bits per heavy atom. The van der Waals surface area contributed by atoms with E-state index in [0.717, 1.165) is 27.1 Å². The molecule has 0 spiro atoms. The van der Waals surface area contributed by atoms with Gasteiger partial charge in [0.25, 0.3) is 0 Å². The zero-order valence-electron chi connectivity index (χ0n) is 25.9. The lowest BCUT2D eigenvalue weighted by Crippen LogP contribution is -2.42. The molecule has 0 bridgehead atoms. The van der Waals surface area contributed by atoms with Crippen LogP contribution < -0.4 is 5.73 Å². The first-order valence-electron chi connectivity index (χ1n) is 14.6. The third-order valence-corrected chi connectivity index (χ3v) is 7.24. The van der Waals surface area contributed by atoms with Gasteiger partial charge in [0.05, 0.1) is 18.5 Å². The van der Waals surface area contributed by atoms with Gasteiger partial charge in [-0.25, -0.2) is 14.6 Å². The van der Waals surface area contributed by atoms with E-state index in [-0.39, 0.29) is 30.3 Å². The summed E-state index contributed by atoms with van der Waals surface area (Å²) in [5.41, 5.74) is 12.7. The summed E-state index contributed by atoms with van der Waals surface area (Å²) in [4.78, 5) is 37.2. The van der Waals surface area contributed by atoms with Gasteiger partial charge >= 0.3 is 6.09 Å². The average molecular weight is 639 g/mol. The molecule has 1 aliphatic heterocycles. The fraction of sp³-hybridized carbons (Fsp3) is 0.212. The van der Waals surface area contributed by atoms with Gasteiger partial charge in [-0.15, -0.1) is 10.2 Å². The summed E-state index contributed by atoms with van der Waals surface area (Å²) in [6, 6.07) is 22.1. The van der Waals surface area contributed by atoms with Crippen LogP contribution in [0.15, 0.2) is 101 Å². The Balaban J connectivity index is 1.29. The second-order valence-electron chi connectivity index (χ2n) is 10.9. The summed E-state index contributed by atoms with van der Waals surface area (Å²) >= 11 is 0. The Labute approximate surface area is 270 Å². The van der Waals surface area contributed by atoms with Crippen LogP contribution in [0, 0.1) is 0 Å². The van der Waals surface area contributed by atoms with E-state index in [1.165, 1.54) is 0 Å². The predicted octanol–water partition coefficient (Wildman–Crippen LogP) is 4.99. The topological polar surface area (TPSA) is 182 Å². The van der Waals surface area contributed by atoms with Crippen LogP contribution in [0.25, 0.3) is 22.5 Å². The molecule has 47 heavy (non-hydrogen) atoms. The number of allylic oxidation sites excluding steroid dienone is 2. The lowest BCUT2D eigenvalue weighted by atomic mass is 9.97. The van der Waals surface area contributed by atoms with Crippen LogP contribution in [0.2, 0.25) is 0 Å². The van der Waals surface area contributed by atoms with Gasteiger partial charge in [-0.3, -0.25) is 20.1 Å². The normalized spacial score (nSPS) is 15.3. The van der Waals surface area contributed by atoms with Crippen LogP contribution in [0.4, 0.5) is 4.79 Å². The molecule has 2 heterocycles. The molecule has 242 valence electrons. The minimum Gasteiger partial charge on any atom is -0.442 e. The first-order valence-corrected chi connectivity index (χ1v) is 14.6. The smallest absolute Gasteiger partial charge is 0.442 e. The lowest BCUT2D eigenvalue weighted by molar-refractivity contribution is -0.497. The van der Waals surface area contributed by atoms with Gasteiger partial charge in [0, 0.05) is 29.0 Å². The summed E-state index contributed by atoms with van der Waals surface area (Å²) in [5, 5.41) is 29.3. The minimum absolute atomic E-state index is 0.0302. The highest BCUT2D eigenvalue weighted by atomic mass is 17.1. The number of likely N-dealkylation sites (tertiary alicyclic amines) is 1. The van der Waals surface area contributed by atoms with E-state index >= 15 is 0 Å². The minimum atomic E-state index is -0.825. The number of benzene rings is 3. The number of nitrogens with two attached hydrogens (primary N) is 1. The molecule has 4 N–H and O–H groups in total. The highest BCUT2D eigenvalue weighted by Crippen LogP contribution is 2.31. The number of carbonyl (C=O) groups excluding carboxylic acids is 2. The maximum Gasteiger partial charge on any atom is 0.454 e. The maximum absolute atomic E-state index is 12.9. The van der Waals surface area contributed by atoms with E-state index in [1.54, 1.807) is 36.1 Å². The summed E-state index contributed by atoms with van der Waals surface area (Å²) in [7, 11) is 0. The van der Waals surface area contributed by atoms with E-state index in [2.05, 4.69) is 31.8 Å². The summed E-state index contributed by atoms with van der Waals surface area (Å²) < 4.78 is 5.35. The van der Waals surface area contributed by atoms with E-state index in [9.17, 15) is 9.59 Å². The standard InChI is InChI=1S/C33H34N8O6/c1-21(2)35-32-27(22(3)34)15-16-30(42)39(32)18-23-11-13-26(14-12-23)28-9-4-5-10-29(28)31-36-38-40(37-31)33(43)46-19-24-7-6-8-25(17-24)20-47-41(44)45/h4-14,17,44-45H,1,15-16,18-20,34H2,2-3H3/b27-22-,35-32+. The number of carbonyl (C=O) groups is 2. The van der Waals surface area contributed by atoms with E-state index in [0.29, 0.717) is 53.3 Å². The number of nitrogens with zero attached hydrogens (tertiary/aromatic N) is 7. The van der Waals surface area contributed by atoms with Crippen molar-refractivity contribution in [3.63, 3.8) is 0 Å². The molecule has 0 atom stereocenters. The highest BCUT2D eigenvalue weighted by molar-refractivity contribution is 6.10. The quantitative estimate of drug-likeness (QED) is 0.199. The monoisotopic (exact) mass is 638 g/mol. The SMILES string of the molecule is C=C(C)/N=C1\C(=C(\C)N)CCC(=O)N1Cc1ccc(-c2ccccc2-c2nnn(C(=O)OCc3cccc(CON(O)O)c3)n2)cc1. The van der Waals surface area contributed by atoms with Crippen molar-refractivity contribution in [1.82, 2.24) is 30.5 Å². The maximum atomic E-state index is 12.9. The molecule has 1 fully saturated rings. The first-order chi connectivity index (χ1) is 22.6. The number of tetrazole rings is 1. The number of hydrogen-bond donors (Lipinski definition) is 3. The number of hydrogen-bond acceptors (Lipinski definition) is 12. The molecule has 1 aromatic heterocycles. The largest absolute Gasteiger partial charge is 0.454 e. The van der Waals surface area contributed by atoms with Gasteiger partial charge in [-0.2, -0.15) is 0 Å². The molecule has 14 heteroatoms. The van der Waals surface area contributed by atoms with E-state index in [1.807, 2.05) is 55.5 Å². The summed E-state index contributed by atoms with van der Waals surface area (Å²) in [5.74, 6) is 0.739. The van der Waals surface area contributed by atoms with Crippen molar-refractivity contribution in [3.05, 3.63) is 113 Å². The van der Waals surface area contributed by atoms with Gasteiger partial charge in [0.15, 0.2) is 0 Å². The number of aliphatic imine (C=N–C) groups is 1. The van der Waals surface area contributed by atoms with Crippen molar-refractivity contribution in [2.45, 2.75) is 46.4 Å². The molecule has 1 aliphatic rings. The van der Waals surface area contributed by atoms with Crippen molar-refractivity contribution < 1.29 is 29.6 Å². The molecule has 0 saturated carbocycles. The Bertz CT molecular complexity index is 1840. The van der Waals surface area contributed by atoms with Crippen LogP contribution in [-0.2, 0) is 34.1 Å². The zero-order chi connectivity index (χ0) is 33.5. The van der Waals surface area contributed by atoms with E-state index < -0.39 is 6.09 Å². The van der Waals surface area contributed by atoms with Gasteiger partial charge in [-0.1, -0.05) is 84.2 Å². The van der Waals surface area contributed by atoms with Crippen LogP contribution in [0.3, 0.4) is 0 Å². The number of aromatic nitrogens is 4. The Morgan fingerprint density at radius 2 is 1.68 bits per heavy atom. The number of amidine groups is 1. The van der Waals surface area contributed by atoms with Gasteiger partial charge in [0.1, 0.15) is 12.4 Å². The molecule has 14 nitrogen and oxygen atoms in total. The summed E-state index contributed by atoms with van der Waals surface area (Å²) in [6.45, 7) is 7.62. The van der Waals surface area contributed by atoms with Crippen LogP contribution in [0.5, 0.6) is 0 Å². The molecule has 0 unspecified atom stereocenters. The van der Waals surface area contributed by atoms with Gasteiger partial charge in [-0.05, 0) is 53.3 Å². The number of piperidine rings is 1. The Kier molecular flexibility index (Phi) is 10.3. The first kappa shape index (κ1) is 32.8. The molecule has 3 aromatic carbocycles. The Morgan fingerprint density at radius 1 is 0.979 bits per heavy atom. The lowest BCUT2D eigenvalue weighted by Gasteiger charge is -2.31. The zero-order valence-corrected chi connectivity index (χ0v) is 25.9. The molecule has 5 rings (SSSR count). The van der Waals surface area contributed by atoms with Gasteiger partial charge in [0.2, 0.25) is 11.7 Å². The molecule has 1 amide bonds. The molecule has 0 aliphatic carbocycles. The van der Waals surface area contributed by atoms with Crippen LogP contribution in [0.1, 0.15) is 43.4 Å². The average Bonchev–Trinajstić information content (AvgIpc) is 3.55. The third-order valence-electron chi connectivity index (χ3n) is 7.24. The number of ether oxygens (including phenoxy) is 1. The number of rotatable bonds is 10. The Hall–Kier alpha value is -5.54. The predicted molar refractivity (Wildman–Crippen MR) is 170 cm³/mol. The van der Waals surface area contributed by atoms with Crippen molar-refractivity contribution in [1.29, 1.82) is 0 Å². The van der Waals surface area contributed by atoms with Crippen molar-refractivity contribution in [2.75, 3.05) is 0 Å². The van der Waals surface area contributed by atoms with Crippen molar-refractivity contribution in [2.24, 2.45) is 10.7 Å². The molecule has 4 aromatic rings. The van der Waals surface area contributed by atoms with E-state index in [4.69, 9.17) is 20.9 Å². The summed E-state index contributed by atoms with van der Waals surface area (Å²) in [6.07, 6.45) is 0.0647. The van der Waals surface area contributed by atoms with Crippen molar-refractivity contribution in [3.8, 4) is 22.5 Å². The number of amides is 1. The molecular weight excluding hydrogens is 604 g/mol. The van der Waals surface area contributed by atoms with Crippen LogP contribution in [-0.4, -0.2) is 58.7 Å². The molecular formula is C33H34N8O6. The fourth-order valence-corrected chi connectivity index (χ4v) is 5.05. The highest BCUT2D eigenvalue weighted by Gasteiger charge is 2.29. The molecule has 0 radical (unpaired) electrons. The van der Waals surface area contributed by atoms with Crippen molar-refractivity contribution >= 4 is 17.8 Å².